The molecule has 0 aliphatic carbocycles. The van der Waals surface area contributed by atoms with E-state index in [1.807, 2.05) is 12.1 Å². The first-order valence-electron chi connectivity index (χ1n) is 9.12. The van der Waals surface area contributed by atoms with Gasteiger partial charge in [-0.15, -0.1) is 0 Å². The van der Waals surface area contributed by atoms with E-state index in [2.05, 4.69) is 20.8 Å². The third kappa shape index (κ3) is 3.71. The zero-order valence-electron chi connectivity index (χ0n) is 16.8. The van der Waals surface area contributed by atoms with Crippen LogP contribution in [0.25, 0.3) is 0 Å². The Balaban J connectivity index is 2.15. The van der Waals surface area contributed by atoms with E-state index in [9.17, 15) is 13.2 Å². The number of hydrogen-bond acceptors (Lipinski definition) is 4. The molecule has 0 radical (unpaired) electrons. The van der Waals surface area contributed by atoms with Crippen molar-refractivity contribution >= 4 is 21.6 Å². The quantitative estimate of drug-likeness (QED) is 0.792. The van der Waals surface area contributed by atoms with Gasteiger partial charge in [-0.05, 0) is 35.2 Å². The molecule has 7 heteroatoms. The second-order valence-corrected chi connectivity index (χ2v) is 9.98. The SMILES string of the molecule is CN(C)C(=O)[C@@H]1CN(S(=O)(=O)c2ccccc2)c2cc(C(C)(C)C)ccc2O1. The van der Waals surface area contributed by atoms with Gasteiger partial charge in [0.05, 0.1) is 17.1 Å². The lowest BCUT2D eigenvalue weighted by atomic mass is 9.86. The number of nitrogens with zero attached hydrogens (tertiary/aromatic N) is 2. The van der Waals surface area contributed by atoms with Gasteiger partial charge in [-0.2, -0.15) is 0 Å². The molecule has 1 amide bonds. The minimum atomic E-state index is -3.85. The van der Waals surface area contributed by atoms with Crippen molar-refractivity contribution in [2.45, 2.75) is 37.2 Å². The highest BCUT2D eigenvalue weighted by Gasteiger charge is 2.38. The topological polar surface area (TPSA) is 66.9 Å². The zero-order chi connectivity index (χ0) is 20.7. The van der Waals surface area contributed by atoms with Crippen LogP contribution >= 0.6 is 0 Å². The standard InChI is InChI=1S/C21H26N2O4S/c1-21(2,3)15-11-12-18-17(13-15)23(14-19(27-18)20(24)22(4)5)28(25,26)16-9-7-6-8-10-16/h6-13,19H,14H2,1-5H3/t19-/m0/s1. The Morgan fingerprint density at radius 2 is 1.75 bits per heavy atom. The summed E-state index contributed by atoms with van der Waals surface area (Å²) >= 11 is 0. The number of ether oxygens (including phenoxy) is 1. The van der Waals surface area contributed by atoms with E-state index < -0.39 is 16.1 Å². The smallest absolute Gasteiger partial charge is 0.265 e. The largest absolute Gasteiger partial charge is 0.476 e. The molecule has 3 rings (SSSR count). The van der Waals surface area contributed by atoms with Crippen molar-refractivity contribution in [1.29, 1.82) is 0 Å². The van der Waals surface area contributed by atoms with Gasteiger partial charge in [0, 0.05) is 14.1 Å². The molecule has 0 N–H and O–H groups in total. The van der Waals surface area contributed by atoms with E-state index >= 15 is 0 Å². The van der Waals surface area contributed by atoms with Gasteiger partial charge in [0.15, 0.2) is 6.10 Å². The lowest BCUT2D eigenvalue weighted by Crippen LogP contribution is -2.50. The molecule has 1 heterocycles. The second kappa shape index (κ2) is 7.13. The fourth-order valence-electron chi connectivity index (χ4n) is 3.08. The average Bonchev–Trinajstić information content (AvgIpc) is 2.65. The number of fused-ring (bicyclic) bond motifs is 1. The molecule has 0 fully saturated rings. The van der Waals surface area contributed by atoms with Crippen molar-refractivity contribution in [3.63, 3.8) is 0 Å². The van der Waals surface area contributed by atoms with Gasteiger partial charge in [0.2, 0.25) is 0 Å². The summed E-state index contributed by atoms with van der Waals surface area (Å²) in [4.78, 5) is 14.1. The summed E-state index contributed by atoms with van der Waals surface area (Å²) in [5.74, 6) is 0.109. The normalized spacial score (nSPS) is 16.9. The van der Waals surface area contributed by atoms with E-state index in [4.69, 9.17) is 4.74 Å². The summed E-state index contributed by atoms with van der Waals surface area (Å²) in [5, 5.41) is 0. The number of carbonyl (C=O) groups excluding carboxylic acids is 1. The van der Waals surface area contributed by atoms with Crippen LogP contribution in [0.3, 0.4) is 0 Å². The predicted molar refractivity (Wildman–Crippen MR) is 109 cm³/mol. The number of likely N-dealkylation sites (N-methyl/N-ethyl adjacent to an activating group) is 1. The number of benzene rings is 2. The summed E-state index contributed by atoms with van der Waals surface area (Å²) in [6.07, 6.45) is -0.901. The molecule has 150 valence electrons. The first kappa shape index (κ1) is 20.2. The number of carbonyl (C=O) groups is 1. The van der Waals surface area contributed by atoms with Gasteiger partial charge >= 0.3 is 0 Å². The Morgan fingerprint density at radius 3 is 2.32 bits per heavy atom. The van der Waals surface area contributed by atoms with Crippen molar-refractivity contribution in [3.05, 3.63) is 54.1 Å². The molecule has 2 aromatic carbocycles. The highest BCUT2D eigenvalue weighted by Crippen LogP contribution is 2.40. The summed E-state index contributed by atoms with van der Waals surface area (Å²) in [5.41, 5.74) is 1.28. The minimum absolute atomic E-state index is 0.0746. The minimum Gasteiger partial charge on any atom is -0.476 e. The Labute approximate surface area is 166 Å². The molecule has 1 aliphatic rings. The molecular weight excluding hydrogens is 376 g/mol. The molecular formula is C21H26N2O4S. The monoisotopic (exact) mass is 402 g/mol. The van der Waals surface area contributed by atoms with Crippen LogP contribution in [0, 0.1) is 0 Å². The molecule has 0 saturated carbocycles. The Kier molecular flexibility index (Phi) is 5.14. The van der Waals surface area contributed by atoms with Crippen LogP contribution < -0.4 is 9.04 Å². The van der Waals surface area contributed by atoms with Crippen molar-refractivity contribution in [2.24, 2.45) is 0 Å². The molecule has 1 aliphatic heterocycles. The first-order valence-corrected chi connectivity index (χ1v) is 10.6. The molecule has 0 bridgehead atoms. The van der Waals surface area contributed by atoms with E-state index in [0.717, 1.165) is 5.56 Å². The number of rotatable bonds is 3. The van der Waals surface area contributed by atoms with Crippen molar-refractivity contribution in [2.75, 3.05) is 24.9 Å². The molecule has 0 spiro atoms. The molecule has 6 nitrogen and oxygen atoms in total. The van der Waals surface area contributed by atoms with E-state index in [1.54, 1.807) is 50.5 Å². The van der Waals surface area contributed by atoms with Crippen LogP contribution in [0.15, 0.2) is 53.4 Å². The van der Waals surface area contributed by atoms with Crippen LogP contribution in [0.4, 0.5) is 5.69 Å². The first-order chi connectivity index (χ1) is 13.0. The lowest BCUT2D eigenvalue weighted by Gasteiger charge is -2.36. The second-order valence-electron chi connectivity index (χ2n) is 8.12. The highest BCUT2D eigenvalue weighted by molar-refractivity contribution is 7.92. The Bertz CT molecular complexity index is 979. The number of amides is 1. The average molecular weight is 403 g/mol. The number of anilines is 1. The maximum atomic E-state index is 13.4. The summed E-state index contributed by atoms with van der Waals surface area (Å²) < 4.78 is 34.0. The van der Waals surface area contributed by atoms with Gasteiger partial charge in [-0.3, -0.25) is 9.10 Å². The van der Waals surface area contributed by atoms with Gasteiger partial charge in [-0.1, -0.05) is 45.0 Å². The van der Waals surface area contributed by atoms with Crippen LogP contribution in [-0.4, -0.2) is 46.0 Å². The van der Waals surface area contributed by atoms with Crippen molar-refractivity contribution < 1.29 is 17.9 Å². The van der Waals surface area contributed by atoms with E-state index in [0.29, 0.717) is 11.4 Å². The van der Waals surface area contributed by atoms with Crippen LogP contribution in [0.1, 0.15) is 26.3 Å². The molecule has 28 heavy (non-hydrogen) atoms. The third-order valence-electron chi connectivity index (χ3n) is 4.74. The van der Waals surface area contributed by atoms with Crippen LogP contribution in [0.2, 0.25) is 0 Å². The highest BCUT2D eigenvalue weighted by atomic mass is 32.2. The number of hydrogen-bond donors (Lipinski definition) is 0. The maximum absolute atomic E-state index is 13.4. The van der Waals surface area contributed by atoms with Gasteiger partial charge in [0.1, 0.15) is 5.75 Å². The molecule has 0 aromatic heterocycles. The number of sulfonamides is 1. The molecule has 2 aromatic rings. The predicted octanol–water partition coefficient (Wildman–Crippen LogP) is 3.03. The summed E-state index contributed by atoms with van der Waals surface area (Å²) in [6, 6.07) is 13.7. The zero-order valence-corrected chi connectivity index (χ0v) is 17.7. The Morgan fingerprint density at radius 1 is 1.11 bits per heavy atom. The molecule has 1 atom stereocenters. The summed E-state index contributed by atoms with van der Waals surface area (Å²) in [6.45, 7) is 6.11. The summed E-state index contributed by atoms with van der Waals surface area (Å²) in [7, 11) is -0.597. The molecule has 0 unspecified atom stereocenters. The van der Waals surface area contributed by atoms with Crippen LogP contribution in [-0.2, 0) is 20.2 Å². The Hall–Kier alpha value is -2.54. The third-order valence-corrected chi connectivity index (χ3v) is 6.54. The van der Waals surface area contributed by atoms with E-state index in [1.165, 1.54) is 9.21 Å². The van der Waals surface area contributed by atoms with Gasteiger partial charge < -0.3 is 9.64 Å². The molecule has 0 saturated heterocycles. The fraction of sp³-hybridized carbons (Fsp3) is 0.381. The van der Waals surface area contributed by atoms with Gasteiger partial charge in [-0.25, -0.2) is 8.42 Å². The fourth-order valence-corrected chi connectivity index (χ4v) is 4.57. The van der Waals surface area contributed by atoms with E-state index in [-0.39, 0.29) is 22.8 Å². The van der Waals surface area contributed by atoms with Crippen molar-refractivity contribution in [1.82, 2.24) is 4.90 Å². The van der Waals surface area contributed by atoms with Crippen molar-refractivity contribution in [3.8, 4) is 5.75 Å². The maximum Gasteiger partial charge on any atom is 0.265 e. The van der Waals surface area contributed by atoms with Crippen LogP contribution in [0.5, 0.6) is 5.75 Å². The van der Waals surface area contributed by atoms with Gasteiger partial charge in [0.25, 0.3) is 15.9 Å². The lowest BCUT2D eigenvalue weighted by molar-refractivity contribution is -0.135.